The zero-order valence-corrected chi connectivity index (χ0v) is 15.7. The van der Waals surface area contributed by atoms with E-state index in [1.165, 1.54) is 23.3 Å². The van der Waals surface area contributed by atoms with Crippen LogP contribution in [0.1, 0.15) is 31.5 Å². The van der Waals surface area contributed by atoms with Crippen molar-refractivity contribution in [3.8, 4) is 5.75 Å². The predicted molar refractivity (Wildman–Crippen MR) is 105 cm³/mol. The molecule has 2 N–H and O–H groups in total. The third-order valence-corrected chi connectivity index (χ3v) is 5.63. The summed E-state index contributed by atoms with van der Waals surface area (Å²) < 4.78 is 19.5. The van der Waals surface area contributed by atoms with Crippen LogP contribution in [0.25, 0.3) is 0 Å². The van der Waals surface area contributed by atoms with Crippen molar-refractivity contribution in [2.24, 2.45) is 5.92 Å². The van der Waals surface area contributed by atoms with Crippen molar-refractivity contribution in [3.63, 3.8) is 0 Å². The highest BCUT2D eigenvalue weighted by molar-refractivity contribution is 5.64. The molecule has 0 saturated carbocycles. The van der Waals surface area contributed by atoms with Crippen LogP contribution >= 0.6 is 0 Å². The number of halogens is 1. The van der Waals surface area contributed by atoms with E-state index in [-0.39, 0.29) is 17.3 Å². The lowest BCUT2D eigenvalue weighted by molar-refractivity contribution is 0.407. The predicted octanol–water partition coefficient (Wildman–Crippen LogP) is 4.30. The van der Waals surface area contributed by atoms with Crippen LogP contribution < -0.4 is 15.6 Å². The van der Waals surface area contributed by atoms with Crippen LogP contribution in [0, 0.1) is 11.7 Å². The number of hydrogen-bond donors (Lipinski definition) is 2. The Labute approximate surface area is 157 Å². The average Bonchev–Trinajstić information content (AvgIpc) is 2.61. The number of aromatic amines is 1. The topological polar surface area (TPSA) is 54.1 Å². The second-order valence-corrected chi connectivity index (χ2v) is 7.33. The summed E-state index contributed by atoms with van der Waals surface area (Å²) in [5.41, 5.74) is 4.43. The minimum atomic E-state index is -0.545. The molecule has 4 rings (SSSR count). The Morgan fingerprint density at radius 1 is 1.33 bits per heavy atom. The molecule has 4 nitrogen and oxygen atoms in total. The second-order valence-electron chi connectivity index (χ2n) is 7.33. The lowest BCUT2D eigenvalue weighted by Crippen LogP contribution is -2.47. The number of hydrogen-bond acceptors (Lipinski definition) is 3. The fourth-order valence-corrected chi connectivity index (χ4v) is 4.70. The van der Waals surface area contributed by atoms with Gasteiger partial charge in [0.05, 0.1) is 18.3 Å². The maximum absolute atomic E-state index is 14.0. The van der Waals surface area contributed by atoms with E-state index in [0.29, 0.717) is 11.4 Å². The van der Waals surface area contributed by atoms with Gasteiger partial charge in [-0.2, -0.15) is 0 Å². The Balaban J connectivity index is 1.95. The van der Waals surface area contributed by atoms with Crippen LogP contribution in [0.15, 0.2) is 58.4 Å². The molecule has 2 bridgehead atoms. The first-order chi connectivity index (χ1) is 13.0. The molecule has 0 aliphatic heterocycles. The van der Waals surface area contributed by atoms with E-state index in [1.54, 1.807) is 19.2 Å². The second kappa shape index (κ2) is 6.41. The highest BCUT2D eigenvalue weighted by Gasteiger charge is 2.47. The summed E-state index contributed by atoms with van der Waals surface area (Å²) >= 11 is 0. The summed E-state index contributed by atoms with van der Waals surface area (Å²) in [6, 6.07) is 7.93. The number of allylic oxidation sites excluding steroid dienone is 2. The first-order valence-corrected chi connectivity index (χ1v) is 9.15. The van der Waals surface area contributed by atoms with Gasteiger partial charge in [0, 0.05) is 29.3 Å². The molecular weight excluding hydrogens is 343 g/mol. The Bertz CT molecular complexity index is 1020. The van der Waals surface area contributed by atoms with Gasteiger partial charge < -0.3 is 15.0 Å². The van der Waals surface area contributed by atoms with Crippen molar-refractivity contribution in [2.75, 3.05) is 12.4 Å². The molecular formula is C22H23FN2O2. The van der Waals surface area contributed by atoms with E-state index in [1.807, 2.05) is 13.0 Å². The third kappa shape index (κ3) is 2.78. The fraction of sp³-hybridized carbons (Fsp3) is 0.318. The van der Waals surface area contributed by atoms with Crippen LogP contribution in [0.4, 0.5) is 10.1 Å². The Morgan fingerprint density at radius 3 is 2.89 bits per heavy atom. The first kappa shape index (κ1) is 17.6. The van der Waals surface area contributed by atoms with Gasteiger partial charge in [0.2, 0.25) is 5.56 Å². The highest BCUT2D eigenvalue weighted by Crippen LogP contribution is 2.51. The lowest BCUT2D eigenvalue weighted by atomic mass is 9.63. The summed E-state index contributed by atoms with van der Waals surface area (Å²) in [5.74, 6) is 0.455. The zero-order valence-electron chi connectivity index (χ0n) is 15.7. The number of aromatic nitrogens is 1. The summed E-state index contributed by atoms with van der Waals surface area (Å²) in [6.45, 7) is 4.15. The molecule has 5 heteroatoms. The van der Waals surface area contributed by atoms with Gasteiger partial charge in [0.1, 0.15) is 11.6 Å². The van der Waals surface area contributed by atoms with E-state index >= 15 is 0 Å². The molecule has 140 valence electrons. The van der Waals surface area contributed by atoms with Crippen molar-refractivity contribution < 1.29 is 9.13 Å². The molecule has 2 aliphatic carbocycles. The third-order valence-electron chi connectivity index (χ3n) is 5.63. The molecule has 1 aromatic heterocycles. The normalized spacial score (nSPS) is 25.0. The van der Waals surface area contributed by atoms with Crippen molar-refractivity contribution in [1.82, 2.24) is 4.98 Å². The van der Waals surface area contributed by atoms with Crippen LogP contribution in [0.3, 0.4) is 0 Å². The number of rotatable bonds is 3. The Morgan fingerprint density at radius 2 is 2.15 bits per heavy atom. The number of fused-ring (bicyclic) bond motifs is 4. The fourth-order valence-electron chi connectivity index (χ4n) is 4.70. The van der Waals surface area contributed by atoms with E-state index in [4.69, 9.17) is 4.74 Å². The van der Waals surface area contributed by atoms with Gasteiger partial charge in [-0.25, -0.2) is 4.39 Å². The van der Waals surface area contributed by atoms with E-state index < -0.39 is 5.54 Å². The largest absolute Gasteiger partial charge is 0.495 e. The van der Waals surface area contributed by atoms with Crippen LogP contribution in [0.5, 0.6) is 5.75 Å². The van der Waals surface area contributed by atoms with Gasteiger partial charge in [-0.1, -0.05) is 17.7 Å². The smallest absolute Gasteiger partial charge is 0.248 e. The standard InChI is InChI=1S/C22H23FN2O2/c1-4-16-14-9-13(2)12-22(16,17-6-8-21(26)24-18(17)10-14)25-19-11-15(23)5-7-20(19)27-3/h4-9,11,14,25H,10,12H2,1-3H3,(H,24,26)/b16-4+/t14-,22+/m0/s1. The maximum Gasteiger partial charge on any atom is 0.248 e. The van der Waals surface area contributed by atoms with Gasteiger partial charge in [0.25, 0.3) is 0 Å². The van der Waals surface area contributed by atoms with E-state index in [9.17, 15) is 9.18 Å². The molecule has 0 fully saturated rings. The SMILES string of the molecule is C/C=C1\[C@H]2C=C(C)C[C@]1(Nc1cc(F)ccc1OC)c1ccc(=O)[nH]c1C2. The number of benzene rings is 1. The zero-order chi connectivity index (χ0) is 19.2. The minimum absolute atomic E-state index is 0.102. The molecule has 0 spiro atoms. The summed E-state index contributed by atoms with van der Waals surface area (Å²) in [6.07, 6.45) is 5.90. The maximum atomic E-state index is 14.0. The Hall–Kier alpha value is -2.82. The number of nitrogens with one attached hydrogen (secondary N) is 2. The van der Waals surface area contributed by atoms with Crippen LogP contribution in [-0.2, 0) is 12.0 Å². The number of anilines is 1. The number of methoxy groups -OCH3 is 1. The summed E-state index contributed by atoms with van der Waals surface area (Å²) in [7, 11) is 1.58. The molecule has 2 aromatic rings. The quantitative estimate of drug-likeness (QED) is 0.797. The highest BCUT2D eigenvalue weighted by atomic mass is 19.1. The van der Waals surface area contributed by atoms with Crippen molar-refractivity contribution >= 4 is 5.69 Å². The van der Waals surface area contributed by atoms with Gasteiger partial charge in [-0.3, -0.25) is 4.79 Å². The van der Waals surface area contributed by atoms with Crippen LogP contribution in [0.2, 0.25) is 0 Å². The summed E-state index contributed by atoms with van der Waals surface area (Å²) in [4.78, 5) is 14.9. The lowest BCUT2D eigenvalue weighted by Gasteiger charge is -2.48. The first-order valence-electron chi connectivity index (χ1n) is 9.15. The molecule has 1 aromatic carbocycles. The van der Waals surface area contributed by atoms with Gasteiger partial charge in [-0.05, 0) is 50.5 Å². The van der Waals surface area contributed by atoms with Gasteiger partial charge >= 0.3 is 0 Å². The van der Waals surface area contributed by atoms with Crippen molar-refractivity contribution in [2.45, 2.75) is 32.2 Å². The molecule has 27 heavy (non-hydrogen) atoms. The molecule has 2 aliphatic rings. The van der Waals surface area contributed by atoms with E-state index in [2.05, 4.69) is 29.4 Å². The molecule has 1 heterocycles. The van der Waals surface area contributed by atoms with Crippen molar-refractivity contribution in [3.05, 3.63) is 81.1 Å². The monoisotopic (exact) mass is 366 g/mol. The number of pyridine rings is 1. The van der Waals surface area contributed by atoms with Gasteiger partial charge in [-0.15, -0.1) is 0 Å². The van der Waals surface area contributed by atoms with Gasteiger partial charge in [0.15, 0.2) is 0 Å². The average molecular weight is 366 g/mol. The van der Waals surface area contributed by atoms with E-state index in [0.717, 1.165) is 24.1 Å². The van der Waals surface area contributed by atoms with Crippen LogP contribution in [-0.4, -0.2) is 12.1 Å². The molecule has 0 amide bonds. The minimum Gasteiger partial charge on any atom is -0.495 e. The molecule has 2 atom stereocenters. The number of H-pyrrole nitrogens is 1. The summed E-state index contributed by atoms with van der Waals surface area (Å²) in [5, 5.41) is 3.60. The molecule has 0 unspecified atom stereocenters. The molecule has 0 saturated heterocycles. The van der Waals surface area contributed by atoms with Crippen molar-refractivity contribution in [1.29, 1.82) is 0 Å². The molecule has 0 radical (unpaired) electrons. The Kier molecular flexibility index (Phi) is 4.17. The number of ether oxygens (including phenoxy) is 1.